The van der Waals surface area contributed by atoms with E-state index in [0.29, 0.717) is 12.1 Å². The predicted octanol–water partition coefficient (Wildman–Crippen LogP) is 2.63. The Bertz CT molecular complexity index is 552. The number of allylic oxidation sites excluding steroid dienone is 1. The molecule has 0 radical (unpaired) electrons. The molecule has 0 aliphatic carbocycles. The zero-order valence-electron chi connectivity index (χ0n) is 15.1. The molecular weight excluding hydrogens is 421 g/mol. The van der Waals surface area contributed by atoms with Crippen LogP contribution in [0.5, 0.6) is 0 Å². The molecule has 0 aromatic heterocycles. The summed E-state index contributed by atoms with van der Waals surface area (Å²) in [5.74, 6) is 0.141. The zero-order valence-corrected chi connectivity index (χ0v) is 18.1. The van der Waals surface area contributed by atoms with Crippen LogP contribution in [0, 0.1) is 0 Å². The number of nitrogens with zero attached hydrogens (tertiary/aromatic N) is 3. The molecule has 1 saturated heterocycles. The predicted molar refractivity (Wildman–Crippen MR) is 113 cm³/mol. The molecule has 0 N–H and O–H groups in total. The Morgan fingerprint density at radius 1 is 1.35 bits per heavy atom. The van der Waals surface area contributed by atoms with Crippen LogP contribution in [0.25, 0.3) is 0 Å². The Hall–Kier alpha value is -0.340. The van der Waals surface area contributed by atoms with Crippen molar-refractivity contribution >= 4 is 35.4 Å². The minimum atomic E-state index is -1.68. The fourth-order valence-electron chi connectivity index (χ4n) is 2.99. The van der Waals surface area contributed by atoms with Crippen molar-refractivity contribution in [3.8, 4) is 0 Å². The summed E-state index contributed by atoms with van der Waals surface area (Å²) in [6, 6.07) is 0.735. The van der Waals surface area contributed by atoms with Crippen molar-refractivity contribution in [1.82, 2.24) is 14.7 Å². The Labute approximate surface area is 147 Å². The van der Waals surface area contributed by atoms with E-state index < -0.39 is 16.6 Å². The number of carbonyl (C=O) groups is 1. The van der Waals surface area contributed by atoms with E-state index in [-0.39, 0.29) is 5.91 Å². The quantitative estimate of drug-likeness (QED) is 0.373. The van der Waals surface area contributed by atoms with Gasteiger partial charge in [-0.3, -0.25) is 0 Å². The number of alkyl halides is 2. The van der Waals surface area contributed by atoms with E-state index in [4.69, 9.17) is 0 Å². The maximum atomic E-state index is 12.4. The molecule has 4 nitrogen and oxygen atoms in total. The van der Waals surface area contributed by atoms with Gasteiger partial charge in [0, 0.05) is 0 Å². The van der Waals surface area contributed by atoms with Gasteiger partial charge >= 0.3 is 148 Å². The Kier molecular flexibility index (Phi) is 6.35. The second-order valence-corrected chi connectivity index (χ2v) is 21.8. The molecule has 23 heavy (non-hydrogen) atoms. The normalized spacial score (nSPS) is 28.9. The molecule has 0 aromatic rings. The van der Waals surface area contributed by atoms with Crippen molar-refractivity contribution in [3.05, 3.63) is 23.3 Å². The summed E-state index contributed by atoms with van der Waals surface area (Å²) in [5.41, 5.74) is 0. The van der Waals surface area contributed by atoms with E-state index in [9.17, 15) is 4.79 Å². The van der Waals surface area contributed by atoms with Crippen LogP contribution in [-0.4, -0.2) is 80.3 Å². The van der Waals surface area contributed by atoms with E-state index in [1.54, 1.807) is 6.08 Å². The van der Waals surface area contributed by atoms with E-state index in [2.05, 4.69) is 52.5 Å². The van der Waals surface area contributed by atoms with Gasteiger partial charge in [0.25, 0.3) is 0 Å². The van der Waals surface area contributed by atoms with Gasteiger partial charge in [-0.15, -0.1) is 0 Å². The first-order chi connectivity index (χ1) is 10.7. The van der Waals surface area contributed by atoms with Gasteiger partial charge in [0.15, 0.2) is 0 Å². The summed E-state index contributed by atoms with van der Waals surface area (Å²) in [4.78, 5) is 23.8. The van der Waals surface area contributed by atoms with E-state index in [1.807, 2.05) is 25.1 Å². The molecule has 2 aliphatic heterocycles. The van der Waals surface area contributed by atoms with Gasteiger partial charge in [-0.1, -0.05) is 0 Å². The average Bonchev–Trinajstić information content (AvgIpc) is 2.77. The number of amides is 1. The first-order valence-corrected chi connectivity index (χ1v) is 16.9. The molecule has 2 unspecified atom stereocenters. The van der Waals surface area contributed by atoms with Crippen molar-refractivity contribution in [2.24, 2.45) is 0 Å². The fourth-order valence-corrected chi connectivity index (χ4v) is 10.9. The zero-order chi connectivity index (χ0) is 17.2. The van der Waals surface area contributed by atoms with Crippen molar-refractivity contribution in [3.63, 3.8) is 0 Å². The molecule has 132 valence electrons. The van der Waals surface area contributed by atoms with Gasteiger partial charge in [0.2, 0.25) is 0 Å². The molecule has 0 aromatic carbocycles. The third-order valence-corrected chi connectivity index (χ3v) is 12.4. The maximum absolute atomic E-state index is 12.4. The Balaban J connectivity index is 1.97. The number of rotatable bonds is 4. The van der Waals surface area contributed by atoms with Crippen LogP contribution >= 0.6 is 25.5 Å². The van der Waals surface area contributed by atoms with E-state index >= 15 is 0 Å². The van der Waals surface area contributed by atoms with Crippen LogP contribution < -0.4 is 0 Å². The summed E-state index contributed by atoms with van der Waals surface area (Å²) in [7, 11) is 6.11. The number of hydrogen-bond donors (Lipinski definition) is 0. The molecule has 0 spiro atoms. The number of likely N-dealkylation sites (N-methyl/N-ethyl adjacent to an activating group) is 1. The van der Waals surface area contributed by atoms with Gasteiger partial charge in [0.05, 0.1) is 0 Å². The summed E-state index contributed by atoms with van der Waals surface area (Å²) < 4.78 is 2.45. The Morgan fingerprint density at radius 3 is 2.43 bits per heavy atom. The molecule has 1 fully saturated rings. The van der Waals surface area contributed by atoms with Crippen molar-refractivity contribution in [1.29, 1.82) is 0 Å². The molecule has 0 saturated carbocycles. The second kappa shape index (κ2) is 7.70. The third-order valence-electron chi connectivity index (χ3n) is 4.00. The van der Waals surface area contributed by atoms with Gasteiger partial charge in [-0.05, 0) is 0 Å². The summed E-state index contributed by atoms with van der Waals surface area (Å²) in [6.45, 7) is 6.88. The van der Waals surface area contributed by atoms with Crippen LogP contribution in [-0.2, 0) is 4.79 Å². The first kappa shape index (κ1) is 19.0. The average molecular weight is 451 g/mol. The first-order valence-electron chi connectivity index (χ1n) is 7.97. The topological polar surface area (TPSA) is 26.8 Å². The molecule has 2 heterocycles. The summed E-state index contributed by atoms with van der Waals surface area (Å²) in [5, 5.41) is 1.42. The van der Waals surface area contributed by atoms with Crippen LogP contribution in [0.2, 0.25) is 0 Å². The van der Waals surface area contributed by atoms with Gasteiger partial charge in [-0.25, -0.2) is 0 Å². The molecule has 2 rings (SSSR count). The molecule has 2 atom stereocenters. The number of carbonyl (C=O) groups excluding carboxylic acids is 1. The molecule has 1 amide bonds. The van der Waals surface area contributed by atoms with Crippen LogP contribution in [0.1, 0.15) is 13.8 Å². The SMILES string of the molecule is CC1CN(C(=O)/C=C/CN(C)C)CC(C)N1C1=CC=I(C)(C)S1. The van der Waals surface area contributed by atoms with E-state index in [1.165, 1.54) is 5.03 Å². The van der Waals surface area contributed by atoms with Crippen molar-refractivity contribution < 1.29 is 4.79 Å². The summed E-state index contributed by atoms with van der Waals surface area (Å²) in [6.07, 6.45) is 6.00. The van der Waals surface area contributed by atoms with Crippen LogP contribution in [0.4, 0.5) is 0 Å². The fraction of sp³-hybridized carbons (Fsp3) is 0.647. The van der Waals surface area contributed by atoms with Crippen LogP contribution in [0.15, 0.2) is 23.3 Å². The molecule has 0 bridgehead atoms. The standard InChI is InChI=1S/C17H30IN3OS/c1-14-12-20(16(22)8-7-11-19(5)6)13-15(2)21(14)17-9-10-18(3,4)23-17/h7-10,14-15H,11-13H2,1-6H3/b8-7+. The molecular formula is C17H30IN3OS. The third kappa shape index (κ3) is 5.06. The van der Waals surface area contributed by atoms with Gasteiger partial charge in [0.1, 0.15) is 0 Å². The van der Waals surface area contributed by atoms with Gasteiger partial charge < -0.3 is 0 Å². The summed E-state index contributed by atoms with van der Waals surface area (Å²) >= 11 is -1.68. The molecule has 6 heteroatoms. The second-order valence-electron chi connectivity index (χ2n) is 6.93. The minimum absolute atomic E-state index is 0.141. The Morgan fingerprint density at radius 2 is 1.96 bits per heavy atom. The monoisotopic (exact) mass is 451 g/mol. The van der Waals surface area contributed by atoms with Crippen molar-refractivity contribution in [2.75, 3.05) is 43.6 Å². The van der Waals surface area contributed by atoms with E-state index in [0.717, 1.165) is 19.6 Å². The van der Waals surface area contributed by atoms with Gasteiger partial charge in [-0.2, -0.15) is 0 Å². The molecule has 2 aliphatic rings. The number of halogens is 1. The number of hydrogen-bond acceptors (Lipinski definition) is 4. The van der Waals surface area contributed by atoms with Crippen LogP contribution in [0.3, 0.4) is 0 Å². The van der Waals surface area contributed by atoms with Crippen molar-refractivity contribution in [2.45, 2.75) is 25.9 Å². The number of piperazine rings is 1.